The lowest BCUT2D eigenvalue weighted by molar-refractivity contribution is -0.133. The molecular formula is C14H16ClNO2. The van der Waals surface area contributed by atoms with Gasteiger partial charge in [-0.05, 0) is 32.3 Å². The molecule has 0 radical (unpaired) electrons. The Hall–Kier alpha value is -1.22. The zero-order chi connectivity index (χ0) is 12.7. The molecule has 3 rings (SSSR count). The molecule has 1 fully saturated rings. The number of anilines is 1. The van der Waals surface area contributed by atoms with E-state index in [2.05, 4.69) is 4.90 Å². The number of piperidine rings is 1. The van der Waals surface area contributed by atoms with Crippen LogP contribution in [0.4, 0.5) is 5.69 Å². The number of hydrogen-bond acceptors (Lipinski definition) is 3. The molecule has 2 aliphatic heterocycles. The summed E-state index contributed by atoms with van der Waals surface area (Å²) in [6.07, 6.45) is 3.68. The number of carbonyl (C=O) groups excluding carboxylic acids is 1. The fourth-order valence-electron chi connectivity index (χ4n) is 2.69. The van der Waals surface area contributed by atoms with Gasteiger partial charge in [-0.15, -0.1) is 0 Å². The van der Waals surface area contributed by atoms with Crippen molar-refractivity contribution in [1.29, 1.82) is 0 Å². The van der Waals surface area contributed by atoms with E-state index >= 15 is 0 Å². The molecular weight excluding hydrogens is 250 g/mol. The quantitative estimate of drug-likeness (QED) is 0.576. The average molecular weight is 266 g/mol. The number of fused-ring (bicyclic) bond motifs is 1. The van der Waals surface area contributed by atoms with E-state index in [0.29, 0.717) is 5.75 Å². The topological polar surface area (TPSA) is 29.5 Å². The number of hydrogen-bond donors (Lipinski definition) is 0. The zero-order valence-corrected chi connectivity index (χ0v) is 11.2. The highest BCUT2D eigenvalue weighted by molar-refractivity contribution is 6.33. The van der Waals surface area contributed by atoms with E-state index in [1.54, 1.807) is 0 Å². The van der Waals surface area contributed by atoms with Crippen molar-refractivity contribution in [3.05, 3.63) is 22.7 Å². The average Bonchev–Trinajstić information content (AvgIpc) is 2.66. The first-order valence-corrected chi connectivity index (χ1v) is 6.84. The molecule has 1 atom stereocenters. The minimum Gasteiger partial charge on any atom is -0.426 e. The number of rotatable bonds is 1. The SMILES string of the molecule is CC1C(=O)Oc2cc(N3CCCCC3)c(Cl)cc21. The molecule has 96 valence electrons. The number of benzene rings is 1. The molecule has 1 saturated heterocycles. The van der Waals surface area contributed by atoms with E-state index in [-0.39, 0.29) is 11.9 Å². The summed E-state index contributed by atoms with van der Waals surface area (Å²) < 4.78 is 5.28. The molecule has 0 aromatic heterocycles. The minimum absolute atomic E-state index is 0.183. The van der Waals surface area contributed by atoms with Crippen LogP contribution >= 0.6 is 11.6 Å². The molecule has 1 aromatic rings. The minimum atomic E-state index is -0.201. The molecule has 2 heterocycles. The standard InChI is InChI=1S/C14H16ClNO2/c1-9-10-7-11(15)12(8-13(10)18-14(9)17)16-5-3-2-4-6-16/h7-9H,2-6H2,1H3. The smallest absolute Gasteiger partial charge is 0.318 e. The van der Waals surface area contributed by atoms with E-state index in [4.69, 9.17) is 16.3 Å². The number of nitrogens with zero attached hydrogens (tertiary/aromatic N) is 1. The zero-order valence-electron chi connectivity index (χ0n) is 10.4. The van der Waals surface area contributed by atoms with Crippen molar-refractivity contribution in [1.82, 2.24) is 0 Å². The van der Waals surface area contributed by atoms with Crippen LogP contribution in [0, 0.1) is 0 Å². The third-order valence-electron chi connectivity index (χ3n) is 3.81. The van der Waals surface area contributed by atoms with Gasteiger partial charge < -0.3 is 9.64 Å². The second-order valence-corrected chi connectivity index (χ2v) is 5.44. The van der Waals surface area contributed by atoms with Gasteiger partial charge in [0.05, 0.1) is 16.6 Å². The van der Waals surface area contributed by atoms with Gasteiger partial charge in [-0.3, -0.25) is 4.79 Å². The van der Waals surface area contributed by atoms with Crippen molar-refractivity contribution in [2.75, 3.05) is 18.0 Å². The highest BCUT2D eigenvalue weighted by Gasteiger charge is 2.31. The Balaban J connectivity index is 1.97. The van der Waals surface area contributed by atoms with Gasteiger partial charge in [0.1, 0.15) is 5.75 Å². The highest BCUT2D eigenvalue weighted by Crippen LogP contribution is 2.41. The number of esters is 1. The Kier molecular flexibility index (Phi) is 2.94. The molecule has 0 saturated carbocycles. The predicted molar refractivity (Wildman–Crippen MR) is 71.6 cm³/mol. The summed E-state index contributed by atoms with van der Waals surface area (Å²) in [5, 5.41) is 0.723. The fourth-order valence-corrected chi connectivity index (χ4v) is 2.98. The summed E-state index contributed by atoms with van der Waals surface area (Å²) in [7, 11) is 0. The van der Waals surface area contributed by atoms with E-state index < -0.39 is 0 Å². The lowest BCUT2D eigenvalue weighted by Gasteiger charge is -2.29. The summed E-state index contributed by atoms with van der Waals surface area (Å²) in [5.41, 5.74) is 1.91. The van der Waals surface area contributed by atoms with Crippen molar-refractivity contribution < 1.29 is 9.53 Å². The van der Waals surface area contributed by atoms with Crippen molar-refractivity contribution in [2.45, 2.75) is 32.1 Å². The normalized spacial score (nSPS) is 22.9. The van der Waals surface area contributed by atoms with Crippen molar-refractivity contribution >= 4 is 23.3 Å². The predicted octanol–water partition coefficient (Wildman–Crippen LogP) is 3.35. The molecule has 3 nitrogen and oxygen atoms in total. The van der Waals surface area contributed by atoms with Gasteiger partial charge in [-0.2, -0.15) is 0 Å². The maximum atomic E-state index is 11.6. The number of ether oxygens (including phenoxy) is 1. The Morgan fingerprint density at radius 2 is 2.00 bits per heavy atom. The van der Waals surface area contributed by atoms with Crippen molar-refractivity contribution in [3.8, 4) is 5.75 Å². The van der Waals surface area contributed by atoms with Crippen LogP contribution in [0.1, 0.15) is 37.7 Å². The Bertz CT molecular complexity index is 495. The lowest BCUT2D eigenvalue weighted by Crippen LogP contribution is -2.29. The van der Waals surface area contributed by atoms with Crippen LogP contribution in [0.3, 0.4) is 0 Å². The van der Waals surface area contributed by atoms with E-state index in [0.717, 1.165) is 29.4 Å². The molecule has 0 aliphatic carbocycles. The summed E-state index contributed by atoms with van der Waals surface area (Å²) in [6.45, 7) is 3.91. The molecule has 18 heavy (non-hydrogen) atoms. The van der Waals surface area contributed by atoms with Gasteiger partial charge in [-0.1, -0.05) is 11.6 Å². The number of carbonyl (C=O) groups is 1. The summed E-state index contributed by atoms with van der Waals surface area (Å²) in [4.78, 5) is 13.8. The third-order valence-corrected chi connectivity index (χ3v) is 4.11. The van der Waals surface area contributed by atoms with Crippen LogP contribution in [0.25, 0.3) is 0 Å². The van der Waals surface area contributed by atoms with E-state index in [1.165, 1.54) is 19.3 Å². The first-order valence-electron chi connectivity index (χ1n) is 6.47. The van der Waals surface area contributed by atoms with Gasteiger partial charge in [0.15, 0.2) is 0 Å². The summed E-state index contributed by atoms with van der Waals surface area (Å²) >= 11 is 6.35. The third kappa shape index (κ3) is 1.87. The fraction of sp³-hybridized carbons (Fsp3) is 0.500. The molecule has 1 aromatic carbocycles. The Morgan fingerprint density at radius 3 is 2.72 bits per heavy atom. The van der Waals surface area contributed by atoms with Gasteiger partial charge in [0.25, 0.3) is 0 Å². The molecule has 1 unspecified atom stereocenters. The van der Waals surface area contributed by atoms with Gasteiger partial charge in [0, 0.05) is 24.7 Å². The van der Waals surface area contributed by atoms with Gasteiger partial charge >= 0.3 is 5.97 Å². The van der Waals surface area contributed by atoms with E-state index in [9.17, 15) is 4.79 Å². The van der Waals surface area contributed by atoms with Crippen LogP contribution < -0.4 is 9.64 Å². The molecule has 2 aliphatic rings. The largest absolute Gasteiger partial charge is 0.426 e. The summed E-state index contributed by atoms with van der Waals surface area (Å²) in [6, 6.07) is 3.81. The molecule has 4 heteroatoms. The summed E-state index contributed by atoms with van der Waals surface area (Å²) in [5.74, 6) is 0.294. The van der Waals surface area contributed by atoms with Crippen LogP contribution in [-0.2, 0) is 4.79 Å². The maximum absolute atomic E-state index is 11.6. The first-order chi connectivity index (χ1) is 8.66. The molecule has 0 amide bonds. The Labute approximate surface area is 112 Å². The molecule has 0 N–H and O–H groups in total. The maximum Gasteiger partial charge on any atom is 0.318 e. The lowest BCUT2D eigenvalue weighted by atomic mass is 10.0. The first kappa shape index (κ1) is 11.8. The monoisotopic (exact) mass is 265 g/mol. The van der Waals surface area contributed by atoms with Gasteiger partial charge in [0.2, 0.25) is 0 Å². The van der Waals surface area contributed by atoms with Crippen LogP contribution in [-0.4, -0.2) is 19.1 Å². The second kappa shape index (κ2) is 4.47. The Morgan fingerprint density at radius 1 is 1.28 bits per heavy atom. The van der Waals surface area contributed by atoms with Crippen LogP contribution in [0.2, 0.25) is 5.02 Å². The van der Waals surface area contributed by atoms with Crippen molar-refractivity contribution in [3.63, 3.8) is 0 Å². The van der Waals surface area contributed by atoms with Crippen molar-refractivity contribution in [2.24, 2.45) is 0 Å². The van der Waals surface area contributed by atoms with Crippen LogP contribution in [0.5, 0.6) is 5.75 Å². The number of halogens is 1. The highest BCUT2D eigenvalue weighted by atomic mass is 35.5. The molecule has 0 spiro atoms. The van der Waals surface area contributed by atoms with Crippen LogP contribution in [0.15, 0.2) is 12.1 Å². The second-order valence-electron chi connectivity index (χ2n) is 5.03. The van der Waals surface area contributed by atoms with E-state index in [1.807, 2.05) is 19.1 Å². The molecule has 0 bridgehead atoms. The van der Waals surface area contributed by atoms with Gasteiger partial charge in [-0.25, -0.2) is 0 Å².